The maximum absolute atomic E-state index is 11.5. The van der Waals surface area contributed by atoms with Gasteiger partial charge in [0, 0.05) is 0 Å². The first-order valence-corrected chi connectivity index (χ1v) is 4.82. The second-order valence-electron chi connectivity index (χ2n) is 2.76. The number of rotatable bonds is 1. The highest BCUT2D eigenvalue weighted by Gasteiger charge is 2.16. The van der Waals surface area contributed by atoms with Crippen LogP contribution in [0.25, 0.3) is 5.65 Å². The molecule has 2 rings (SSSR count). The molecule has 2 aromatic heterocycles. The summed E-state index contributed by atoms with van der Waals surface area (Å²) in [5, 5.41) is 3.90. The molecule has 2 heterocycles. The normalized spacial score (nSPS) is 10.5. The number of nitrogen functional groups attached to an aromatic ring is 1. The number of halogens is 1. The fraction of sp³-hybridized carbons (Fsp3) is 0.125. The average Bonchev–Trinajstić information content (AvgIpc) is 2.57. The number of nitrogens with zero attached hydrogens (tertiary/aromatic N) is 3. The molecule has 78 valence electrons. The topological polar surface area (TPSA) is 82.5 Å². The summed E-state index contributed by atoms with van der Waals surface area (Å²) in [6, 6.07) is 3.38. The molecule has 0 aromatic carbocycles. The molecule has 15 heavy (non-hydrogen) atoms. The highest BCUT2D eigenvalue weighted by molar-refractivity contribution is 9.10. The minimum atomic E-state index is -0.502. The summed E-state index contributed by atoms with van der Waals surface area (Å²) >= 11 is 3.24. The lowest BCUT2D eigenvalue weighted by Crippen LogP contribution is -2.10. The van der Waals surface area contributed by atoms with Crippen molar-refractivity contribution in [2.75, 3.05) is 12.8 Å². The maximum Gasteiger partial charge on any atom is 0.357 e. The van der Waals surface area contributed by atoms with E-state index in [-0.39, 0.29) is 11.6 Å². The van der Waals surface area contributed by atoms with Crippen molar-refractivity contribution in [2.45, 2.75) is 0 Å². The zero-order chi connectivity index (χ0) is 11.0. The van der Waals surface area contributed by atoms with Crippen LogP contribution in [0.1, 0.15) is 10.5 Å². The van der Waals surface area contributed by atoms with Crippen LogP contribution in [0.2, 0.25) is 0 Å². The van der Waals surface area contributed by atoms with Gasteiger partial charge in [0.25, 0.3) is 0 Å². The standard InChI is InChI=1S/C8H7BrN4O2/c1-15-7(14)6-4(9)2-3-5-11-8(10)12-13(5)6/h2-3H,1H3,(H2,10,12). The van der Waals surface area contributed by atoms with Crippen molar-refractivity contribution >= 4 is 33.5 Å². The van der Waals surface area contributed by atoms with Gasteiger partial charge in [-0.3, -0.25) is 0 Å². The molecule has 0 saturated heterocycles. The second-order valence-corrected chi connectivity index (χ2v) is 3.62. The summed E-state index contributed by atoms with van der Waals surface area (Å²) in [6.45, 7) is 0. The largest absolute Gasteiger partial charge is 0.464 e. The van der Waals surface area contributed by atoms with Gasteiger partial charge in [0.15, 0.2) is 11.3 Å². The van der Waals surface area contributed by atoms with Crippen molar-refractivity contribution < 1.29 is 9.53 Å². The van der Waals surface area contributed by atoms with E-state index in [1.54, 1.807) is 12.1 Å². The zero-order valence-electron chi connectivity index (χ0n) is 7.77. The van der Waals surface area contributed by atoms with E-state index in [4.69, 9.17) is 5.73 Å². The number of nitrogens with two attached hydrogens (primary N) is 1. The molecule has 0 aliphatic heterocycles. The molecule has 2 N–H and O–H groups in total. The van der Waals surface area contributed by atoms with Gasteiger partial charge < -0.3 is 10.5 Å². The minimum absolute atomic E-state index is 0.109. The first kappa shape index (κ1) is 9.91. The van der Waals surface area contributed by atoms with Crippen LogP contribution >= 0.6 is 15.9 Å². The van der Waals surface area contributed by atoms with Crippen molar-refractivity contribution in [1.82, 2.24) is 14.6 Å². The van der Waals surface area contributed by atoms with E-state index in [1.807, 2.05) is 0 Å². The Hall–Kier alpha value is -1.63. The number of hydrogen-bond donors (Lipinski definition) is 1. The van der Waals surface area contributed by atoms with Crippen LogP contribution < -0.4 is 5.73 Å². The van der Waals surface area contributed by atoms with E-state index in [2.05, 4.69) is 30.7 Å². The van der Waals surface area contributed by atoms with E-state index < -0.39 is 5.97 Å². The van der Waals surface area contributed by atoms with E-state index >= 15 is 0 Å². The Morgan fingerprint density at radius 3 is 3.00 bits per heavy atom. The number of fused-ring (bicyclic) bond motifs is 1. The van der Waals surface area contributed by atoms with Gasteiger partial charge in [-0.05, 0) is 28.1 Å². The molecule has 0 fully saturated rings. The molecule has 2 aromatic rings. The Balaban J connectivity index is 2.78. The second kappa shape index (κ2) is 3.50. The lowest BCUT2D eigenvalue weighted by atomic mass is 10.3. The first-order chi connectivity index (χ1) is 7.13. The number of ether oxygens (including phenoxy) is 1. The zero-order valence-corrected chi connectivity index (χ0v) is 9.35. The number of anilines is 1. The Bertz CT molecular complexity index is 537. The third-order valence-corrected chi connectivity index (χ3v) is 2.48. The van der Waals surface area contributed by atoms with Crippen molar-refractivity contribution in [3.63, 3.8) is 0 Å². The number of pyridine rings is 1. The summed E-state index contributed by atoms with van der Waals surface area (Å²) in [5.41, 5.74) is 6.20. The Kier molecular flexibility index (Phi) is 2.31. The summed E-state index contributed by atoms with van der Waals surface area (Å²) < 4.78 is 6.55. The number of methoxy groups -OCH3 is 1. The SMILES string of the molecule is COC(=O)c1c(Br)ccc2nc(N)nn12. The van der Waals surface area contributed by atoms with Gasteiger partial charge in [-0.2, -0.15) is 4.98 Å². The number of aromatic nitrogens is 3. The molecule has 0 aliphatic carbocycles. The highest BCUT2D eigenvalue weighted by atomic mass is 79.9. The van der Waals surface area contributed by atoms with Crippen LogP contribution in [0.15, 0.2) is 16.6 Å². The van der Waals surface area contributed by atoms with Gasteiger partial charge >= 0.3 is 5.97 Å². The van der Waals surface area contributed by atoms with Crippen LogP contribution in [-0.4, -0.2) is 27.7 Å². The van der Waals surface area contributed by atoms with Gasteiger partial charge in [0.05, 0.1) is 11.6 Å². The van der Waals surface area contributed by atoms with Crippen LogP contribution in [0.4, 0.5) is 5.95 Å². The highest BCUT2D eigenvalue weighted by Crippen LogP contribution is 2.19. The number of carbonyl (C=O) groups is 1. The fourth-order valence-electron chi connectivity index (χ4n) is 1.22. The minimum Gasteiger partial charge on any atom is -0.464 e. The van der Waals surface area contributed by atoms with Crippen LogP contribution in [-0.2, 0) is 4.74 Å². The molecule has 0 radical (unpaired) electrons. The molecule has 0 saturated carbocycles. The third kappa shape index (κ3) is 1.54. The molecule has 7 heteroatoms. The molecular formula is C8H7BrN4O2. The van der Waals surface area contributed by atoms with Gasteiger partial charge in [-0.25, -0.2) is 9.31 Å². The predicted molar refractivity (Wildman–Crippen MR) is 56.4 cm³/mol. The van der Waals surface area contributed by atoms with Crippen LogP contribution in [0.5, 0.6) is 0 Å². The van der Waals surface area contributed by atoms with Crippen molar-refractivity contribution in [1.29, 1.82) is 0 Å². The summed E-state index contributed by atoms with van der Waals surface area (Å²) in [5.74, 6) is -0.393. The Morgan fingerprint density at radius 1 is 1.60 bits per heavy atom. The van der Waals surface area contributed by atoms with Crippen molar-refractivity contribution in [2.24, 2.45) is 0 Å². The van der Waals surface area contributed by atoms with Crippen LogP contribution in [0, 0.1) is 0 Å². The molecule has 0 amide bonds. The van der Waals surface area contributed by atoms with Gasteiger partial charge in [-0.1, -0.05) is 0 Å². The maximum atomic E-state index is 11.5. The van der Waals surface area contributed by atoms with E-state index in [0.717, 1.165) is 0 Å². The van der Waals surface area contributed by atoms with Crippen molar-refractivity contribution in [3.8, 4) is 0 Å². The molecule has 0 spiro atoms. The lowest BCUT2D eigenvalue weighted by Gasteiger charge is -2.03. The predicted octanol–water partition coefficient (Wildman–Crippen LogP) is 0.861. The number of carbonyl (C=O) groups excluding carboxylic acids is 1. The first-order valence-electron chi connectivity index (χ1n) is 4.02. The van der Waals surface area contributed by atoms with E-state index in [1.165, 1.54) is 11.6 Å². The third-order valence-electron chi connectivity index (χ3n) is 1.84. The average molecular weight is 271 g/mol. The van der Waals surface area contributed by atoms with Gasteiger partial charge in [-0.15, -0.1) is 5.10 Å². The van der Waals surface area contributed by atoms with Gasteiger partial charge in [0.1, 0.15) is 0 Å². The van der Waals surface area contributed by atoms with Crippen molar-refractivity contribution in [3.05, 3.63) is 22.3 Å². The quantitative estimate of drug-likeness (QED) is 0.778. The smallest absolute Gasteiger partial charge is 0.357 e. The number of esters is 1. The van der Waals surface area contributed by atoms with Crippen LogP contribution in [0.3, 0.4) is 0 Å². The summed E-state index contributed by atoms with van der Waals surface area (Å²) in [7, 11) is 1.30. The summed E-state index contributed by atoms with van der Waals surface area (Å²) in [4.78, 5) is 15.4. The monoisotopic (exact) mass is 270 g/mol. The van der Waals surface area contributed by atoms with E-state index in [0.29, 0.717) is 10.1 Å². The summed E-state index contributed by atoms with van der Waals surface area (Å²) in [6.07, 6.45) is 0. The molecule has 0 aliphatic rings. The Morgan fingerprint density at radius 2 is 2.33 bits per heavy atom. The molecule has 0 bridgehead atoms. The lowest BCUT2D eigenvalue weighted by molar-refractivity contribution is 0.0589. The molecule has 0 atom stereocenters. The Labute approximate surface area is 93.2 Å². The fourth-order valence-corrected chi connectivity index (χ4v) is 1.68. The number of hydrogen-bond acceptors (Lipinski definition) is 5. The molecular weight excluding hydrogens is 264 g/mol. The van der Waals surface area contributed by atoms with E-state index in [9.17, 15) is 4.79 Å². The van der Waals surface area contributed by atoms with Gasteiger partial charge in [0.2, 0.25) is 5.95 Å². The molecule has 6 nitrogen and oxygen atoms in total. The molecule has 0 unspecified atom stereocenters.